The van der Waals surface area contributed by atoms with Crippen molar-refractivity contribution in [3.05, 3.63) is 65.0 Å². The molecule has 0 fully saturated rings. The summed E-state index contributed by atoms with van der Waals surface area (Å²) in [5, 5.41) is 0. The van der Waals surface area contributed by atoms with E-state index in [0.29, 0.717) is 11.3 Å². The van der Waals surface area contributed by atoms with Crippen LogP contribution in [0.15, 0.2) is 42.5 Å². The first-order chi connectivity index (χ1) is 8.09. The Labute approximate surface area is 98.9 Å². The highest BCUT2D eigenvalue weighted by Gasteiger charge is 2.14. The Hall–Kier alpha value is -2.16. The predicted octanol–water partition coefficient (Wildman–Crippen LogP) is 2.95. The van der Waals surface area contributed by atoms with Gasteiger partial charge in [-0.25, -0.2) is 4.39 Å². The van der Waals surface area contributed by atoms with Gasteiger partial charge in [0, 0.05) is 16.8 Å². The summed E-state index contributed by atoms with van der Waals surface area (Å²) < 4.78 is 13.1. The Morgan fingerprint density at radius 1 is 1.12 bits per heavy atom. The van der Waals surface area contributed by atoms with Crippen molar-refractivity contribution in [2.45, 2.75) is 6.92 Å². The van der Waals surface area contributed by atoms with Crippen molar-refractivity contribution in [2.75, 3.05) is 5.73 Å². The average molecular weight is 229 g/mol. The molecule has 0 aliphatic rings. The third kappa shape index (κ3) is 2.18. The summed E-state index contributed by atoms with van der Waals surface area (Å²) in [6.07, 6.45) is 0. The lowest BCUT2D eigenvalue weighted by Crippen LogP contribution is -2.07. The van der Waals surface area contributed by atoms with Gasteiger partial charge in [-0.05, 0) is 30.7 Å². The Morgan fingerprint density at radius 2 is 1.82 bits per heavy atom. The van der Waals surface area contributed by atoms with Gasteiger partial charge in [0.2, 0.25) is 0 Å². The number of nitrogen functional groups attached to an aromatic ring is 1. The highest BCUT2D eigenvalue weighted by Crippen LogP contribution is 2.19. The molecule has 0 spiro atoms. The van der Waals surface area contributed by atoms with E-state index in [0.717, 1.165) is 5.56 Å². The van der Waals surface area contributed by atoms with E-state index in [9.17, 15) is 9.18 Å². The molecule has 0 aromatic heterocycles. The molecular formula is C14H12FNO. The molecule has 0 aliphatic carbocycles. The number of anilines is 1. The first kappa shape index (κ1) is 11.3. The van der Waals surface area contributed by atoms with Gasteiger partial charge in [-0.1, -0.05) is 24.3 Å². The summed E-state index contributed by atoms with van der Waals surface area (Å²) in [7, 11) is 0. The quantitative estimate of drug-likeness (QED) is 0.635. The molecule has 0 unspecified atom stereocenters. The Bertz CT molecular complexity index is 578. The molecule has 3 heteroatoms. The molecule has 0 saturated carbocycles. The monoisotopic (exact) mass is 229 g/mol. The lowest BCUT2D eigenvalue weighted by molar-refractivity contribution is 0.103. The van der Waals surface area contributed by atoms with Crippen molar-refractivity contribution in [2.24, 2.45) is 0 Å². The van der Waals surface area contributed by atoms with Crippen LogP contribution in [0.25, 0.3) is 0 Å². The lowest BCUT2D eigenvalue weighted by Gasteiger charge is -2.07. The molecule has 2 N–H and O–H groups in total. The van der Waals surface area contributed by atoms with Crippen LogP contribution in [0, 0.1) is 12.7 Å². The number of rotatable bonds is 2. The van der Waals surface area contributed by atoms with E-state index in [1.54, 1.807) is 12.1 Å². The molecule has 0 bridgehead atoms. The second kappa shape index (κ2) is 4.37. The minimum atomic E-state index is -0.462. The fourth-order valence-corrected chi connectivity index (χ4v) is 1.70. The van der Waals surface area contributed by atoms with Crippen LogP contribution < -0.4 is 5.73 Å². The average Bonchev–Trinajstić information content (AvgIpc) is 2.32. The van der Waals surface area contributed by atoms with Crippen LogP contribution in [0.4, 0.5) is 10.1 Å². The van der Waals surface area contributed by atoms with E-state index < -0.39 is 5.82 Å². The number of hydrogen-bond acceptors (Lipinski definition) is 2. The van der Waals surface area contributed by atoms with Gasteiger partial charge < -0.3 is 5.73 Å². The zero-order valence-electron chi connectivity index (χ0n) is 9.41. The maximum absolute atomic E-state index is 13.1. The van der Waals surface area contributed by atoms with Gasteiger partial charge in [0.1, 0.15) is 5.82 Å². The van der Waals surface area contributed by atoms with Crippen LogP contribution >= 0.6 is 0 Å². The van der Waals surface area contributed by atoms with Gasteiger partial charge in [0.25, 0.3) is 0 Å². The summed E-state index contributed by atoms with van der Waals surface area (Å²) in [5.41, 5.74) is 7.58. The lowest BCUT2D eigenvalue weighted by atomic mass is 9.98. The molecule has 2 nitrogen and oxygen atoms in total. The number of halogens is 1. The zero-order valence-corrected chi connectivity index (χ0v) is 9.41. The largest absolute Gasteiger partial charge is 0.398 e. The second-order valence-electron chi connectivity index (χ2n) is 3.88. The van der Waals surface area contributed by atoms with E-state index in [4.69, 9.17) is 5.73 Å². The molecule has 2 rings (SSSR count). The maximum atomic E-state index is 13.1. The van der Waals surface area contributed by atoms with E-state index in [2.05, 4.69) is 0 Å². The number of ketones is 1. The number of nitrogens with two attached hydrogens (primary N) is 1. The SMILES string of the molecule is Cc1ccccc1C(=O)c1cc(F)ccc1N. The third-order valence-corrected chi connectivity index (χ3v) is 2.65. The predicted molar refractivity (Wildman–Crippen MR) is 65.4 cm³/mol. The standard InChI is InChI=1S/C14H12FNO/c1-9-4-2-3-5-11(9)14(17)12-8-10(15)6-7-13(12)16/h2-8H,16H2,1H3. The number of aryl methyl sites for hydroxylation is 1. The van der Waals surface area contributed by atoms with Gasteiger partial charge in [0.05, 0.1) is 0 Å². The first-order valence-electron chi connectivity index (χ1n) is 5.25. The minimum absolute atomic E-state index is 0.208. The Kier molecular flexibility index (Phi) is 2.91. The van der Waals surface area contributed by atoms with Gasteiger partial charge in [-0.2, -0.15) is 0 Å². The van der Waals surface area contributed by atoms with Crippen LogP contribution in [0.3, 0.4) is 0 Å². The molecule has 0 atom stereocenters. The molecule has 0 heterocycles. The van der Waals surface area contributed by atoms with Crippen LogP contribution in [0.2, 0.25) is 0 Å². The van der Waals surface area contributed by atoms with Gasteiger partial charge in [-0.3, -0.25) is 4.79 Å². The van der Waals surface area contributed by atoms with Gasteiger partial charge in [-0.15, -0.1) is 0 Å². The van der Waals surface area contributed by atoms with Crippen molar-refractivity contribution in [1.29, 1.82) is 0 Å². The molecule has 0 saturated heterocycles. The highest BCUT2D eigenvalue weighted by molar-refractivity contribution is 6.12. The summed E-state index contributed by atoms with van der Waals surface area (Å²) in [6, 6.07) is 11.0. The van der Waals surface area contributed by atoms with E-state index >= 15 is 0 Å². The van der Waals surface area contributed by atoms with Crippen molar-refractivity contribution < 1.29 is 9.18 Å². The van der Waals surface area contributed by atoms with Gasteiger partial charge >= 0.3 is 0 Å². The minimum Gasteiger partial charge on any atom is -0.398 e. The molecule has 2 aromatic rings. The van der Waals surface area contributed by atoms with Crippen LogP contribution in [0.1, 0.15) is 21.5 Å². The molecule has 2 aromatic carbocycles. The van der Waals surface area contributed by atoms with Crippen molar-refractivity contribution >= 4 is 11.5 Å². The molecule has 0 amide bonds. The summed E-state index contributed by atoms with van der Waals surface area (Å²) in [6.45, 7) is 1.84. The van der Waals surface area contributed by atoms with E-state index in [1.165, 1.54) is 18.2 Å². The first-order valence-corrected chi connectivity index (χ1v) is 5.25. The zero-order chi connectivity index (χ0) is 12.4. The molecule has 86 valence electrons. The fourth-order valence-electron chi connectivity index (χ4n) is 1.70. The van der Waals surface area contributed by atoms with E-state index in [1.807, 2.05) is 19.1 Å². The molecule has 17 heavy (non-hydrogen) atoms. The molecule has 0 radical (unpaired) electrons. The van der Waals surface area contributed by atoms with Crippen molar-refractivity contribution in [3.8, 4) is 0 Å². The Morgan fingerprint density at radius 3 is 2.53 bits per heavy atom. The highest BCUT2D eigenvalue weighted by atomic mass is 19.1. The smallest absolute Gasteiger partial charge is 0.195 e. The summed E-state index contributed by atoms with van der Waals surface area (Å²) in [5.74, 6) is -0.712. The number of carbonyl (C=O) groups is 1. The number of benzene rings is 2. The molecule has 0 aliphatic heterocycles. The summed E-state index contributed by atoms with van der Waals surface area (Å²) >= 11 is 0. The van der Waals surface area contributed by atoms with Gasteiger partial charge in [0.15, 0.2) is 5.78 Å². The Balaban J connectivity index is 2.51. The summed E-state index contributed by atoms with van der Waals surface area (Å²) in [4.78, 5) is 12.2. The fraction of sp³-hybridized carbons (Fsp3) is 0.0714. The van der Waals surface area contributed by atoms with Crippen LogP contribution in [-0.2, 0) is 0 Å². The number of carbonyl (C=O) groups excluding carboxylic acids is 1. The van der Waals surface area contributed by atoms with Crippen LogP contribution in [-0.4, -0.2) is 5.78 Å². The molecular weight excluding hydrogens is 217 g/mol. The van der Waals surface area contributed by atoms with Crippen molar-refractivity contribution in [1.82, 2.24) is 0 Å². The third-order valence-electron chi connectivity index (χ3n) is 2.65. The maximum Gasteiger partial charge on any atom is 0.195 e. The number of hydrogen-bond donors (Lipinski definition) is 1. The van der Waals surface area contributed by atoms with E-state index in [-0.39, 0.29) is 11.3 Å². The normalized spacial score (nSPS) is 10.2. The topological polar surface area (TPSA) is 43.1 Å². The second-order valence-corrected chi connectivity index (χ2v) is 3.88. The van der Waals surface area contributed by atoms with Crippen LogP contribution in [0.5, 0.6) is 0 Å². The van der Waals surface area contributed by atoms with Crippen molar-refractivity contribution in [3.63, 3.8) is 0 Å².